The van der Waals surface area contributed by atoms with Crippen molar-refractivity contribution in [2.45, 2.75) is 10.1 Å². The van der Waals surface area contributed by atoms with Crippen molar-refractivity contribution in [2.75, 3.05) is 7.11 Å². The first-order chi connectivity index (χ1) is 8.72. The van der Waals surface area contributed by atoms with Gasteiger partial charge >= 0.3 is 0 Å². The maximum absolute atomic E-state index is 10.6. The molecule has 0 radical (unpaired) electrons. The van der Waals surface area contributed by atoms with E-state index in [1.54, 1.807) is 18.9 Å². The number of benzene rings is 1. The molecule has 2 rings (SSSR count). The lowest BCUT2D eigenvalue weighted by Gasteiger charge is -2.01. The van der Waals surface area contributed by atoms with Crippen molar-refractivity contribution in [1.82, 2.24) is 4.98 Å². The monoisotopic (exact) mass is 299 g/mol. The number of aromatic nitrogens is 1. The molecule has 18 heavy (non-hydrogen) atoms. The number of methoxy groups -OCH3 is 1. The Bertz CT molecular complexity index is 540. The molecule has 1 aromatic carbocycles. The van der Waals surface area contributed by atoms with Crippen LogP contribution in [-0.2, 0) is 5.75 Å². The Kier molecular flexibility index (Phi) is 4.63. The number of rotatable bonds is 5. The minimum Gasteiger partial charge on any atom is -0.497 e. The fourth-order valence-corrected chi connectivity index (χ4v) is 3.46. The molecule has 0 atom stereocenters. The zero-order valence-corrected chi connectivity index (χ0v) is 11.9. The summed E-state index contributed by atoms with van der Waals surface area (Å²) >= 11 is 8.68. The zero-order valence-electron chi connectivity index (χ0n) is 9.55. The normalized spacial score (nSPS) is 10.3. The van der Waals surface area contributed by atoms with Crippen molar-refractivity contribution in [1.29, 1.82) is 0 Å². The average molecular weight is 300 g/mol. The number of hydrogen-bond donors (Lipinski definition) is 0. The van der Waals surface area contributed by atoms with Gasteiger partial charge in [0.25, 0.3) is 0 Å². The van der Waals surface area contributed by atoms with Gasteiger partial charge in [-0.2, -0.15) is 0 Å². The average Bonchev–Trinajstić information content (AvgIpc) is 2.77. The number of thiazole rings is 1. The van der Waals surface area contributed by atoms with Crippen LogP contribution in [0.5, 0.6) is 5.75 Å². The summed E-state index contributed by atoms with van der Waals surface area (Å²) < 4.78 is 5.90. The molecule has 0 amide bonds. The molecule has 2 aromatic rings. The van der Waals surface area contributed by atoms with Gasteiger partial charge in [-0.15, -0.1) is 11.3 Å². The highest BCUT2D eigenvalue weighted by molar-refractivity contribution is 8.00. The Morgan fingerprint density at radius 3 is 2.72 bits per heavy atom. The van der Waals surface area contributed by atoms with Crippen LogP contribution < -0.4 is 4.74 Å². The minimum absolute atomic E-state index is 0.284. The third-order valence-corrected chi connectivity index (χ3v) is 4.81. The number of carbonyl (C=O) groups is 1. The third-order valence-electron chi connectivity index (χ3n) is 2.22. The fraction of sp³-hybridized carbons (Fsp3) is 0.167. The van der Waals surface area contributed by atoms with E-state index in [9.17, 15) is 4.79 Å². The van der Waals surface area contributed by atoms with Gasteiger partial charge in [0.15, 0.2) is 15.8 Å². The predicted molar refractivity (Wildman–Crippen MR) is 75.1 cm³/mol. The van der Waals surface area contributed by atoms with Gasteiger partial charge in [-0.1, -0.05) is 35.5 Å². The summed E-state index contributed by atoms with van der Waals surface area (Å²) in [7, 11) is 1.64. The molecule has 1 aromatic heterocycles. The highest BCUT2D eigenvalue weighted by atomic mass is 35.5. The van der Waals surface area contributed by atoms with E-state index in [4.69, 9.17) is 16.3 Å². The van der Waals surface area contributed by atoms with Crippen molar-refractivity contribution in [2.24, 2.45) is 0 Å². The Labute approximate surface area is 118 Å². The van der Waals surface area contributed by atoms with Gasteiger partial charge in [0.1, 0.15) is 10.6 Å². The predicted octanol–water partition coefficient (Wildman–Crippen LogP) is 3.91. The van der Waals surface area contributed by atoms with Crippen LogP contribution in [0.25, 0.3) is 0 Å². The van der Waals surface area contributed by atoms with Crippen molar-refractivity contribution < 1.29 is 9.53 Å². The van der Waals surface area contributed by atoms with Crippen LogP contribution in [-0.4, -0.2) is 18.4 Å². The molecule has 0 spiro atoms. The SMILES string of the molecule is COc1ccc(CSc2nc(Cl)c(C=O)s2)cc1. The lowest BCUT2D eigenvalue weighted by atomic mass is 10.2. The second-order valence-electron chi connectivity index (χ2n) is 3.39. The molecular weight excluding hydrogens is 290 g/mol. The Morgan fingerprint density at radius 2 is 2.17 bits per heavy atom. The molecule has 0 aliphatic heterocycles. The van der Waals surface area contributed by atoms with Crippen LogP contribution in [0.1, 0.15) is 15.2 Å². The van der Waals surface area contributed by atoms with Crippen molar-refractivity contribution in [3.8, 4) is 5.75 Å². The lowest BCUT2D eigenvalue weighted by Crippen LogP contribution is -1.84. The summed E-state index contributed by atoms with van der Waals surface area (Å²) in [6.45, 7) is 0. The second kappa shape index (κ2) is 6.22. The van der Waals surface area contributed by atoms with Crippen LogP contribution in [0, 0.1) is 0 Å². The number of ether oxygens (including phenoxy) is 1. The molecule has 0 saturated carbocycles. The summed E-state index contributed by atoms with van der Waals surface area (Å²) in [5.41, 5.74) is 1.17. The quantitative estimate of drug-likeness (QED) is 0.620. The Balaban J connectivity index is 1.99. The molecule has 0 fully saturated rings. The largest absolute Gasteiger partial charge is 0.497 e. The summed E-state index contributed by atoms with van der Waals surface area (Å²) in [6.07, 6.45) is 0.734. The summed E-state index contributed by atoms with van der Waals surface area (Å²) in [5.74, 6) is 1.62. The molecule has 0 aliphatic carbocycles. The number of aldehydes is 1. The van der Waals surface area contributed by atoms with E-state index in [1.165, 1.54) is 16.9 Å². The maximum atomic E-state index is 10.6. The number of thioether (sulfide) groups is 1. The highest BCUT2D eigenvalue weighted by Crippen LogP contribution is 2.31. The van der Waals surface area contributed by atoms with Gasteiger partial charge in [-0.25, -0.2) is 4.98 Å². The zero-order chi connectivity index (χ0) is 13.0. The van der Waals surface area contributed by atoms with Crippen LogP contribution in [0.4, 0.5) is 0 Å². The standard InChI is InChI=1S/C12H10ClNO2S2/c1-16-9-4-2-8(3-5-9)7-17-12-14-11(13)10(6-15)18-12/h2-6H,7H2,1H3. The smallest absolute Gasteiger partial charge is 0.163 e. The Hall–Kier alpha value is -1.04. The van der Waals surface area contributed by atoms with Gasteiger partial charge in [-0.3, -0.25) is 4.79 Å². The molecule has 0 aliphatic rings. The third kappa shape index (κ3) is 3.25. The first-order valence-electron chi connectivity index (χ1n) is 5.10. The molecule has 0 saturated heterocycles. The molecular formula is C12H10ClNO2S2. The summed E-state index contributed by atoms with van der Waals surface area (Å²) in [5, 5.41) is 0.284. The number of nitrogens with zero attached hydrogens (tertiary/aromatic N) is 1. The molecule has 0 bridgehead atoms. The van der Waals surface area contributed by atoms with E-state index in [-0.39, 0.29) is 5.15 Å². The van der Waals surface area contributed by atoms with E-state index < -0.39 is 0 Å². The minimum atomic E-state index is 0.284. The van der Waals surface area contributed by atoms with E-state index in [0.717, 1.165) is 22.1 Å². The van der Waals surface area contributed by atoms with E-state index in [0.29, 0.717) is 4.88 Å². The molecule has 0 unspecified atom stereocenters. The van der Waals surface area contributed by atoms with E-state index in [1.807, 2.05) is 24.3 Å². The van der Waals surface area contributed by atoms with Crippen molar-refractivity contribution >= 4 is 41.0 Å². The van der Waals surface area contributed by atoms with Gasteiger partial charge < -0.3 is 4.74 Å². The lowest BCUT2D eigenvalue weighted by molar-refractivity contribution is 0.112. The molecule has 6 heteroatoms. The molecule has 94 valence electrons. The van der Waals surface area contributed by atoms with Crippen molar-refractivity contribution in [3.63, 3.8) is 0 Å². The number of carbonyl (C=O) groups excluding carboxylic acids is 1. The van der Waals surface area contributed by atoms with Crippen molar-refractivity contribution in [3.05, 3.63) is 39.9 Å². The van der Waals surface area contributed by atoms with Gasteiger partial charge in [0.05, 0.1) is 7.11 Å². The molecule has 1 heterocycles. The first-order valence-corrected chi connectivity index (χ1v) is 7.28. The van der Waals surface area contributed by atoms with Crippen LogP contribution in [0.15, 0.2) is 28.6 Å². The maximum Gasteiger partial charge on any atom is 0.163 e. The van der Waals surface area contributed by atoms with E-state index >= 15 is 0 Å². The number of halogens is 1. The molecule has 3 nitrogen and oxygen atoms in total. The van der Waals surface area contributed by atoms with Crippen LogP contribution in [0.3, 0.4) is 0 Å². The summed E-state index contributed by atoms with van der Waals surface area (Å²) in [6, 6.07) is 7.84. The van der Waals surface area contributed by atoms with Gasteiger partial charge in [0.2, 0.25) is 0 Å². The highest BCUT2D eigenvalue weighted by Gasteiger charge is 2.08. The van der Waals surface area contributed by atoms with Gasteiger partial charge in [0, 0.05) is 5.75 Å². The fourth-order valence-electron chi connectivity index (χ4n) is 1.30. The first kappa shape index (κ1) is 13.4. The second-order valence-corrected chi connectivity index (χ2v) is 6.00. The van der Waals surface area contributed by atoms with E-state index in [2.05, 4.69) is 4.98 Å². The van der Waals surface area contributed by atoms with Crippen LogP contribution in [0.2, 0.25) is 5.15 Å². The Morgan fingerprint density at radius 1 is 1.44 bits per heavy atom. The molecule has 0 N–H and O–H groups in total. The topological polar surface area (TPSA) is 39.2 Å². The van der Waals surface area contributed by atoms with Gasteiger partial charge in [-0.05, 0) is 17.7 Å². The summed E-state index contributed by atoms with van der Waals surface area (Å²) in [4.78, 5) is 15.2. The number of hydrogen-bond acceptors (Lipinski definition) is 5. The van der Waals surface area contributed by atoms with Crippen LogP contribution >= 0.6 is 34.7 Å².